The minimum atomic E-state index is -0.401. The first-order chi connectivity index (χ1) is 18.2. The molecule has 1 heterocycles. The summed E-state index contributed by atoms with van der Waals surface area (Å²) in [4.78, 5) is 12.7. The van der Waals surface area contributed by atoms with Crippen LogP contribution in [-0.4, -0.2) is 22.8 Å². The first kappa shape index (κ1) is 26.9. The average Bonchev–Trinajstić information content (AvgIpc) is 3.16. The second-order valence-electron chi connectivity index (χ2n) is 8.90. The van der Waals surface area contributed by atoms with Gasteiger partial charge < -0.3 is 14.8 Å². The molecule has 0 bridgehead atoms. The third kappa shape index (κ3) is 6.42. The Kier molecular flexibility index (Phi) is 8.48. The Balaban J connectivity index is 1.45. The molecule has 0 aliphatic heterocycles. The van der Waals surface area contributed by atoms with Gasteiger partial charge in [-0.25, -0.2) is 4.39 Å². The number of ether oxygens (including phenoxy) is 2. The SMILES string of the molecule is COc1ccc(/C=C/C(=O)Nc2c(C)nn(Cc3c(F)cccc3Cl)c2C)cc1COc1ccc(C)cc1. The van der Waals surface area contributed by atoms with Gasteiger partial charge in [-0.2, -0.15) is 5.10 Å². The lowest BCUT2D eigenvalue weighted by Gasteiger charge is -2.11. The topological polar surface area (TPSA) is 65.4 Å². The molecule has 196 valence electrons. The molecule has 8 heteroatoms. The van der Waals surface area contributed by atoms with Crippen LogP contribution in [0.15, 0.2) is 66.7 Å². The minimum absolute atomic E-state index is 0.156. The fourth-order valence-corrected chi connectivity index (χ4v) is 4.24. The molecule has 0 radical (unpaired) electrons. The van der Waals surface area contributed by atoms with E-state index >= 15 is 0 Å². The van der Waals surface area contributed by atoms with Crippen LogP contribution < -0.4 is 14.8 Å². The average molecular weight is 534 g/mol. The summed E-state index contributed by atoms with van der Waals surface area (Å²) in [7, 11) is 1.61. The van der Waals surface area contributed by atoms with Crippen molar-refractivity contribution >= 4 is 29.3 Å². The smallest absolute Gasteiger partial charge is 0.248 e. The summed E-state index contributed by atoms with van der Waals surface area (Å²) in [5.41, 5.74) is 5.08. The fraction of sp³-hybridized carbons (Fsp3) is 0.200. The monoisotopic (exact) mass is 533 g/mol. The van der Waals surface area contributed by atoms with Crippen molar-refractivity contribution in [3.8, 4) is 11.5 Å². The van der Waals surface area contributed by atoms with Gasteiger partial charge in [0.1, 0.15) is 23.9 Å². The van der Waals surface area contributed by atoms with Gasteiger partial charge in [0, 0.05) is 22.2 Å². The third-order valence-electron chi connectivity index (χ3n) is 6.15. The molecule has 0 saturated carbocycles. The van der Waals surface area contributed by atoms with E-state index in [0.717, 1.165) is 22.4 Å². The van der Waals surface area contributed by atoms with Crippen molar-refractivity contribution in [2.75, 3.05) is 12.4 Å². The van der Waals surface area contributed by atoms with Crippen LogP contribution in [0.2, 0.25) is 5.02 Å². The van der Waals surface area contributed by atoms with Crippen molar-refractivity contribution in [1.82, 2.24) is 9.78 Å². The number of halogens is 2. The number of anilines is 1. The number of carbonyl (C=O) groups excluding carboxylic acids is 1. The van der Waals surface area contributed by atoms with E-state index in [1.54, 1.807) is 36.9 Å². The number of methoxy groups -OCH3 is 1. The molecule has 0 atom stereocenters. The molecule has 4 aromatic rings. The molecule has 4 rings (SSSR count). The Morgan fingerprint density at radius 1 is 1.11 bits per heavy atom. The zero-order chi connectivity index (χ0) is 27.2. The van der Waals surface area contributed by atoms with Crippen LogP contribution in [0.5, 0.6) is 11.5 Å². The Labute approximate surface area is 226 Å². The number of aromatic nitrogens is 2. The van der Waals surface area contributed by atoms with Crippen molar-refractivity contribution in [3.63, 3.8) is 0 Å². The maximum absolute atomic E-state index is 14.3. The molecule has 0 saturated heterocycles. The van der Waals surface area contributed by atoms with Crippen molar-refractivity contribution in [2.45, 2.75) is 33.9 Å². The van der Waals surface area contributed by atoms with E-state index in [2.05, 4.69) is 10.4 Å². The second kappa shape index (κ2) is 12.0. The largest absolute Gasteiger partial charge is 0.496 e. The van der Waals surface area contributed by atoms with E-state index in [4.69, 9.17) is 21.1 Å². The van der Waals surface area contributed by atoms with Gasteiger partial charge in [0.05, 0.1) is 30.7 Å². The molecular formula is C30H29ClFN3O3. The lowest BCUT2D eigenvalue weighted by atomic mass is 10.1. The van der Waals surface area contributed by atoms with Crippen molar-refractivity contribution in [2.24, 2.45) is 0 Å². The highest BCUT2D eigenvalue weighted by Gasteiger charge is 2.16. The second-order valence-corrected chi connectivity index (χ2v) is 9.31. The predicted molar refractivity (Wildman–Crippen MR) is 148 cm³/mol. The summed E-state index contributed by atoms with van der Waals surface area (Å²) in [6.07, 6.45) is 3.18. The van der Waals surface area contributed by atoms with Gasteiger partial charge in [0.25, 0.3) is 0 Å². The molecule has 6 nitrogen and oxygen atoms in total. The Hall–Kier alpha value is -4.10. The fourth-order valence-electron chi connectivity index (χ4n) is 4.01. The van der Waals surface area contributed by atoms with Crippen LogP contribution in [0.25, 0.3) is 6.08 Å². The molecule has 1 N–H and O–H groups in total. The first-order valence-corrected chi connectivity index (χ1v) is 12.4. The van der Waals surface area contributed by atoms with Gasteiger partial charge >= 0.3 is 0 Å². The number of carbonyl (C=O) groups is 1. The number of amides is 1. The highest BCUT2D eigenvalue weighted by molar-refractivity contribution is 6.31. The van der Waals surface area contributed by atoms with E-state index in [1.807, 2.05) is 56.3 Å². The number of benzene rings is 3. The van der Waals surface area contributed by atoms with Crippen LogP contribution in [0.3, 0.4) is 0 Å². The quantitative estimate of drug-likeness (QED) is 0.238. The molecular weight excluding hydrogens is 505 g/mol. The summed E-state index contributed by atoms with van der Waals surface area (Å²) in [6, 6.07) is 18.0. The lowest BCUT2D eigenvalue weighted by Crippen LogP contribution is -2.10. The van der Waals surface area contributed by atoms with Gasteiger partial charge in [0.2, 0.25) is 5.91 Å². The minimum Gasteiger partial charge on any atom is -0.496 e. The zero-order valence-corrected chi connectivity index (χ0v) is 22.5. The molecule has 0 aliphatic carbocycles. The van der Waals surface area contributed by atoms with Gasteiger partial charge in [0.15, 0.2) is 0 Å². The standard InChI is InChI=1S/C30H29ClFN3O3/c1-19-8-12-24(13-9-19)38-18-23-16-22(10-14-28(23)37-4)11-15-29(36)33-30-20(2)34-35(21(30)3)17-25-26(31)6-5-7-27(25)32/h5-16H,17-18H2,1-4H3,(H,33,36)/b15-11+. The molecule has 3 aromatic carbocycles. The number of aryl methyl sites for hydroxylation is 2. The van der Waals surface area contributed by atoms with E-state index in [-0.39, 0.29) is 12.5 Å². The molecule has 0 spiro atoms. The third-order valence-corrected chi connectivity index (χ3v) is 6.50. The van der Waals surface area contributed by atoms with Crippen LogP contribution in [-0.2, 0) is 17.9 Å². The Bertz CT molecular complexity index is 1460. The first-order valence-electron chi connectivity index (χ1n) is 12.1. The van der Waals surface area contributed by atoms with Crippen LogP contribution in [0.4, 0.5) is 10.1 Å². The van der Waals surface area contributed by atoms with Crippen LogP contribution in [0.1, 0.15) is 33.6 Å². The summed E-state index contributed by atoms with van der Waals surface area (Å²) >= 11 is 6.17. The maximum atomic E-state index is 14.3. The summed E-state index contributed by atoms with van der Waals surface area (Å²) < 4.78 is 27.3. The van der Waals surface area contributed by atoms with Crippen molar-refractivity contribution < 1.29 is 18.7 Å². The van der Waals surface area contributed by atoms with E-state index in [0.29, 0.717) is 40.0 Å². The number of nitrogens with one attached hydrogen (secondary N) is 1. The molecule has 0 unspecified atom stereocenters. The van der Waals surface area contributed by atoms with E-state index in [1.165, 1.54) is 12.1 Å². The summed E-state index contributed by atoms with van der Waals surface area (Å²) in [6.45, 7) is 6.11. The van der Waals surface area contributed by atoms with Gasteiger partial charge in [-0.05, 0) is 68.8 Å². The van der Waals surface area contributed by atoms with Crippen LogP contribution in [0, 0.1) is 26.6 Å². The maximum Gasteiger partial charge on any atom is 0.248 e. The molecule has 0 fully saturated rings. The normalized spacial score (nSPS) is 11.1. The lowest BCUT2D eigenvalue weighted by molar-refractivity contribution is -0.111. The van der Waals surface area contributed by atoms with E-state index < -0.39 is 5.82 Å². The number of rotatable bonds is 9. The summed E-state index contributed by atoms with van der Waals surface area (Å²) in [5.74, 6) is 0.753. The number of hydrogen-bond donors (Lipinski definition) is 1. The molecule has 0 aliphatic rings. The van der Waals surface area contributed by atoms with Crippen LogP contribution >= 0.6 is 11.6 Å². The zero-order valence-electron chi connectivity index (χ0n) is 21.7. The highest BCUT2D eigenvalue weighted by atomic mass is 35.5. The Morgan fingerprint density at radius 3 is 2.58 bits per heavy atom. The molecule has 1 aromatic heterocycles. The summed E-state index contributed by atoms with van der Waals surface area (Å²) in [5, 5.41) is 7.68. The van der Waals surface area contributed by atoms with Crippen molar-refractivity contribution in [3.05, 3.63) is 111 Å². The Morgan fingerprint density at radius 2 is 1.87 bits per heavy atom. The number of nitrogens with zero attached hydrogens (tertiary/aromatic N) is 2. The number of hydrogen-bond acceptors (Lipinski definition) is 4. The van der Waals surface area contributed by atoms with Gasteiger partial charge in [-0.15, -0.1) is 0 Å². The van der Waals surface area contributed by atoms with Gasteiger partial charge in [-0.1, -0.05) is 41.4 Å². The van der Waals surface area contributed by atoms with E-state index in [9.17, 15) is 9.18 Å². The predicted octanol–water partition coefficient (Wildman–Crippen LogP) is 6.89. The highest BCUT2D eigenvalue weighted by Crippen LogP contribution is 2.25. The molecule has 38 heavy (non-hydrogen) atoms. The molecule has 1 amide bonds. The van der Waals surface area contributed by atoms with Gasteiger partial charge in [-0.3, -0.25) is 9.48 Å². The van der Waals surface area contributed by atoms with Crippen molar-refractivity contribution in [1.29, 1.82) is 0 Å².